The van der Waals surface area contributed by atoms with E-state index in [2.05, 4.69) is 10.0 Å². The molecular weight excluding hydrogens is 383 g/mol. The van der Waals surface area contributed by atoms with Gasteiger partial charge < -0.3 is 4.90 Å². The molecule has 2 aliphatic heterocycles. The van der Waals surface area contributed by atoms with Gasteiger partial charge in [-0.15, -0.1) is 0 Å². The summed E-state index contributed by atoms with van der Waals surface area (Å²) in [4.78, 5) is 28.6. The molecule has 2 aromatic rings. The molecule has 0 saturated carbocycles. The Morgan fingerprint density at radius 3 is 2.30 bits per heavy atom. The molecule has 0 unspecified atom stereocenters. The lowest BCUT2D eigenvalue weighted by Crippen LogP contribution is -2.50. The molecule has 2 aliphatic rings. The first-order valence-electron chi connectivity index (χ1n) is 10.2. The molecule has 156 valence electrons. The molecule has 0 N–H and O–H groups in total. The lowest BCUT2D eigenvalue weighted by Gasteiger charge is -2.34. The van der Waals surface area contributed by atoms with Gasteiger partial charge in [-0.05, 0) is 23.3 Å². The lowest BCUT2D eigenvalue weighted by molar-refractivity contribution is -0.135. The van der Waals surface area contributed by atoms with Crippen LogP contribution in [0.15, 0.2) is 59.7 Å². The molecule has 0 radical (unpaired) electrons. The van der Waals surface area contributed by atoms with Crippen molar-refractivity contribution in [2.75, 3.05) is 32.7 Å². The number of piperazine rings is 1. The van der Waals surface area contributed by atoms with Crippen LogP contribution in [0, 0.1) is 5.82 Å². The van der Waals surface area contributed by atoms with E-state index in [1.165, 1.54) is 12.1 Å². The zero-order chi connectivity index (χ0) is 21.1. The highest BCUT2D eigenvalue weighted by atomic mass is 19.1. The number of hydrogen-bond acceptors (Lipinski definition) is 4. The van der Waals surface area contributed by atoms with Crippen molar-refractivity contribution in [2.45, 2.75) is 19.4 Å². The maximum absolute atomic E-state index is 13.3. The minimum Gasteiger partial charge on any atom is -0.340 e. The van der Waals surface area contributed by atoms with Crippen LogP contribution in [-0.2, 0) is 9.59 Å². The van der Waals surface area contributed by atoms with Crippen molar-refractivity contribution in [2.24, 2.45) is 5.10 Å². The summed E-state index contributed by atoms with van der Waals surface area (Å²) in [6.07, 6.45) is 0.583. The van der Waals surface area contributed by atoms with Crippen molar-refractivity contribution in [3.05, 3.63) is 71.5 Å². The molecule has 0 bridgehead atoms. The lowest BCUT2D eigenvalue weighted by atomic mass is 9.98. The summed E-state index contributed by atoms with van der Waals surface area (Å²) in [6, 6.07) is 15.9. The van der Waals surface area contributed by atoms with Crippen LogP contribution in [0.1, 0.15) is 30.5 Å². The third kappa shape index (κ3) is 4.41. The normalized spacial score (nSPS) is 19.7. The number of benzene rings is 2. The number of nitrogens with zero attached hydrogens (tertiary/aromatic N) is 4. The van der Waals surface area contributed by atoms with Crippen LogP contribution >= 0.6 is 0 Å². The van der Waals surface area contributed by atoms with E-state index in [-0.39, 0.29) is 30.2 Å². The van der Waals surface area contributed by atoms with E-state index in [4.69, 9.17) is 0 Å². The van der Waals surface area contributed by atoms with E-state index in [0.717, 1.165) is 16.8 Å². The maximum atomic E-state index is 13.3. The molecule has 0 spiro atoms. The van der Waals surface area contributed by atoms with Gasteiger partial charge in [0.05, 0.1) is 18.3 Å². The molecule has 6 nitrogen and oxygen atoms in total. The summed E-state index contributed by atoms with van der Waals surface area (Å²) in [5.74, 6) is -0.301. The number of rotatable bonds is 4. The third-order valence-electron chi connectivity index (χ3n) is 5.70. The Morgan fingerprint density at radius 1 is 1.00 bits per heavy atom. The first-order chi connectivity index (χ1) is 14.5. The van der Waals surface area contributed by atoms with Gasteiger partial charge in [-0.2, -0.15) is 5.10 Å². The second-order valence-electron chi connectivity index (χ2n) is 7.70. The molecule has 1 atom stereocenters. The topological polar surface area (TPSA) is 56.2 Å². The summed E-state index contributed by atoms with van der Waals surface area (Å²) >= 11 is 0. The minimum absolute atomic E-state index is 0.0678. The fourth-order valence-corrected chi connectivity index (χ4v) is 3.98. The molecule has 4 rings (SSSR count). The minimum atomic E-state index is -0.297. The smallest absolute Gasteiger partial charge is 0.257 e. The molecule has 1 fully saturated rings. The number of carbonyl (C=O) groups excluding carboxylic acids is 2. The van der Waals surface area contributed by atoms with Gasteiger partial charge in [0.15, 0.2) is 0 Å². The summed E-state index contributed by atoms with van der Waals surface area (Å²) in [7, 11) is 0. The third-order valence-corrected chi connectivity index (χ3v) is 5.70. The molecule has 2 aromatic carbocycles. The van der Waals surface area contributed by atoms with Gasteiger partial charge in [-0.1, -0.05) is 42.5 Å². The molecule has 0 aliphatic carbocycles. The van der Waals surface area contributed by atoms with Crippen LogP contribution in [0.3, 0.4) is 0 Å². The number of hydrazone groups is 1. The van der Waals surface area contributed by atoms with Crippen molar-refractivity contribution in [1.82, 2.24) is 14.8 Å². The summed E-state index contributed by atoms with van der Waals surface area (Å²) < 4.78 is 13.3. The zero-order valence-electron chi connectivity index (χ0n) is 17.0. The van der Waals surface area contributed by atoms with E-state index in [9.17, 15) is 14.0 Å². The van der Waals surface area contributed by atoms with E-state index < -0.39 is 0 Å². The van der Waals surface area contributed by atoms with Crippen LogP contribution in [0.5, 0.6) is 0 Å². The Labute approximate surface area is 175 Å². The average molecular weight is 408 g/mol. The highest BCUT2D eigenvalue weighted by molar-refractivity contribution is 6.03. The van der Waals surface area contributed by atoms with E-state index in [1.807, 2.05) is 30.3 Å². The number of amides is 2. The Balaban J connectivity index is 1.52. The zero-order valence-corrected chi connectivity index (χ0v) is 17.0. The Hall–Kier alpha value is -3.06. The predicted octanol–water partition coefficient (Wildman–Crippen LogP) is 2.67. The number of carbonyl (C=O) groups is 2. The van der Waals surface area contributed by atoms with Crippen molar-refractivity contribution in [3.63, 3.8) is 0 Å². The van der Waals surface area contributed by atoms with Gasteiger partial charge in [0.1, 0.15) is 5.82 Å². The highest BCUT2D eigenvalue weighted by Crippen LogP contribution is 2.32. The van der Waals surface area contributed by atoms with E-state index in [0.29, 0.717) is 32.6 Å². The summed E-state index contributed by atoms with van der Waals surface area (Å²) in [6.45, 7) is 4.44. The fraction of sp³-hybridized carbons (Fsp3) is 0.348. The fourth-order valence-electron chi connectivity index (χ4n) is 3.98. The van der Waals surface area contributed by atoms with Gasteiger partial charge >= 0.3 is 0 Å². The second kappa shape index (κ2) is 8.75. The molecule has 1 saturated heterocycles. The van der Waals surface area contributed by atoms with Gasteiger partial charge in [-0.3, -0.25) is 14.5 Å². The molecule has 2 heterocycles. The van der Waals surface area contributed by atoms with Gasteiger partial charge in [0, 0.05) is 39.5 Å². The summed E-state index contributed by atoms with van der Waals surface area (Å²) in [5, 5.41) is 6.22. The maximum Gasteiger partial charge on any atom is 0.257 e. The molecule has 7 heteroatoms. The van der Waals surface area contributed by atoms with Crippen LogP contribution in [-0.4, -0.2) is 65.1 Å². The van der Waals surface area contributed by atoms with Crippen molar-refractivity contribution in [3.8, 4) is 0 Å². The van der Waals surface area contributed by atoms with Crippen LogP contribution < -0.4 is 0 Å². The molecule has 0 aromatic heterocycles. The van der Waals surface area contributed by atoms with Gasteiger partial charge in [0.2, 0.25) is 5.91 Å². The monoisotopic (exact) mass is 408 g/mol. The average Bonchev–Trinajstić information content (AvgIpc) is 3.21. The largest absolute Gasteiger partial charge is 0.340 e. The quantitative estimate of drug-likeness (QED) is 0.782. The Kier molecular flexibility index (Phi) is 5.90. The molecular formula is C23H25FN4O2. The number of hydrogen-bond donors (Lipinski definition) is 0. The molecule has 30 heavy (non-hydrogen) atoms. The highest BCUT2D eigenvalue weighted by Gasteiger charge is 2.34. The van der Waals surface area contributed by atoms with Crippen LogP contribution in [0.4, 0.5) is 4.39 Å². The second-order valence-corrected chi connectivity index (χ2v) is 7.70. The summed E-state index contributed by atoms with van der Waals surface area (Å²) in [5.41, 5.74) is 2.62. The Bertz CT molecular complexity index is 937. The Morgan fingerprint density at radius 2 is 1.67 bits per heavy atom. The van der Waals surface area contributed by atoms with Crippen molar-refractivity contribution in [1.29, 1.82) is 0 Å². The molecule has 2 amide bonds. The van der Waals surface area contributed by atoms with Crippen molar-refractivity contribution >= 4 is 17.5 Å². The van der Waals surface area contributed by atoms with Crippen molar-refractivity contribution < 1.29 is 14.0 Å². The van der Waals surface area contributed by atoms with E-state index >= 15 is 0 Å². The van der Waals surface area contributed by atoms with Crippen LogP contribution in [0.25, 0.3) is 0 Å². The standard InChI is InChI=1S/C23H25FN4O2/c1-17(29)27-13-11-26(12-14-27)16-23(30)28-22(19-5-3-2-4-6-19)15-21(25-28)18-7-9-20(24)10-8-18/h2-10,22H,11-16H2,1H3/t22-/m0/s1. The number of halogens is 1. The van der Waals surface area contributed by atoms with Gasteiger partial charge in [-0.25, -0.2) is 9.40 Å². The SMILES string of the molecule is CC(=O)N1CCN(CC(=O)N2N=C(c3ccc(F)cc3)C[C@H]2c2ccccc2)CC1. The predicted molar refractivity (Wildman–Crippen MR) is 112 cm³/mol. The first-order valence-corrected chi connectivity index (χ1v) is 10.2. The van der Waals surface area contributed by atoms with Gasteiger partial charge in [0.25, 0.3) is 5.91 Å². The van der Waals surface area contributed by atoms with E-state index in [1.54, 1.807) is 29.0 Å². The first kappa shape index (κ1) is 20.2. The van der Waals surface area contributed by atoms with Crippen LogP contribution in [0.2, 0.25) is 0 Å².